The third-order valence-corrected chi connectivity index (χ3v) is 2.44. The molecule has 1 aromatic rings. The van der Waals surface area contributed by atoms with Gasteiger partial charge in [-0.1, -0.05) is 30.3 Å². The van der Waals surface area contributed by atoms with Gasteiger partial charge < -0.3 is 4.74 Å². The molecule has 0 bridgehead atoms. The number of hydrogen-bond acceptors (Lipinski definition) is 3. The fourth-order valence-electron chi connectivity index (χ4n) is 1.55. The summed E-state index contributed by atoms with van der Waals surface area (Å²) in [6.07, 6.45) is 0. The molecule has 16 heavy (non-hydrogen) atoms. The summed E-state index contributed by atoms with van der Waals surface area (Å²) in [5.74, 6) is -0.203. The van der Waals surface area contributed by atoms with Crippen molar-refractivity contribution in [2.45, 2.75) is 32.9 Å². The highest BCUT2D eigenvalue weighted by Gasteiger charge is 2.16. The van der Waals surface area contributed by atoms with E-state index < -0.39 is 0 Å². The number of nitrogens with one attached hydrogen (secondary N) is 1. The Hall–Kier alpha value is -1.35. The standard InChI is InChI=1S/C13H19NO2/c1-4-16-13(15)11(3)14-10(2)12-8-6-5-7-9-12/h5-11,14H,4H2,1-3H3/t10-,11+/m0/s1. The van der Waals surface area contributed by atoms with Crippen LogP contribution in [-0.2, 0) is 9.53 Å². The maximum atomic E-state index is 11.4. The Labute approximate surface area is 96.8 Å². The van der Waals surface area contributed by atoms with Crippen LogP contribution in [0.15, 0.2) is 30.3 Å². The normalized spacial score (nSPS) is 14.2. The number of carbonyl (C=O) groups is 1. The van der Waals surface area contributed by atoms with Gasteiger partial charge in [0.05, 0.1) is 6.61 Å². The van der Waals surface area contributed by atoms with Crippen molar-refractivity contribution in [3.05, 3.63) is 35.9 Å². The summed E-state index contributed by atoms with van der Waals surface area (Å²) in [5, 5.41) is 3.21. The SMILES string of the molecule is CCOC(=O)[C@@H](C)N[C@@H](C)c1ccccc1. The second kappa shape index (κ2) is 6.28. The summed E-state index contributed by atoms with van der Waals surface area (Å²) in [6, 6.07) is 9.89. The number of rotatable bonds is 5. The summed E-state index contributed by atoms with van der Waals surface area (Å²) < 4.78 is 4.94. The fraction of sp³-hybridized carbons (Fsp3) is 0.462. The zero-order valence-corrected chi connectivity index (χ0v) is 10.1. The second-order valence-corrected chi connectivity index (χ2v) is 3.77. The van der Waals surface area contributed by atoms with Crippen molar-refractivity contribution in [1.82, 2.24) is 5.32 Å². The summed E-state index contributed by atoms with van der Waals surface area (Å²) in [5.41, 5.74) is 1.17. The average Bonchev–Trinajstić information content (AvgIpc) is 2.30. The van der Waals surface area contributed by atoms with E-state index >= 15 is 0 Å². The molecule has 0 saturated heterocycles. The first-order chi connectivity index (χ1) is 7.65. The van der Waals surface area contributed by atoms with Crippen LogP contribution in [0.2, 0.25) is 0 Å². The van der Waals surface area contributed by atoms with Gasteiger partial charge in [0.15, 0.2) is 0 Å². The van der Waals surface area contributed by atoms with Gasteiger partial charge in [-0.05, 0) is 26.3 Å². The van der Waals surface area contributed by atoms with Crippen LogP contribution in [0.1, 0.15) is 32.4 Å². The molecule has 0 aliphatic heterocycles. The summed E-state index contributed by atoms with van der Waals surface area (Å²) >= 11 is 0. The molecule has 0 aliphatic carbocycles. The number of hydrogen-bond donors (Lipinski definition) is 1. The van der Waals surface area contributed by atoms with Crippen molar-refractivity contribution < 1.29 is 9.53 Å². The van der Waals surface area contributed by atoms with Gasteiger partial charge in [-0.3, -0.25) is 10.1 Å². The van der Waals surface area contributed by atoms with Crippen LogP contribution in [0.4, 0.5) is 0 Å². The number of esters is 1. The molecular formula is C13H19NO2. The van der Waals surface area contributed by atoms with Crippen molar-refractivity contribution in [2.75, 3.05) is 6.61 Å². The third kappa shape index (κ3) is 3.66. The van der Waals surface area contributed by atoms with Gasteiger partial charge >= 0.3 is 5.97 Å². The molecule has 2 atom stereocenters. The van der Waals surface area contributed by atoms with Crippen LogP contribution >= 0.6 is 0 Å². The van der Waals surface area contributed by atoms with E-state index in [4.69, 9.17) is 4.74 Å². The van der Waals surface area contributed by atoms with E-state index in [9.17, 15) is 4.79 Å². The fourth-order valence-corrected chi connectivity index (χ4v) is 1.55. The van der Waals surface area contributed by atoms with Gasteiger partial charge in [-0.2, -0.15) is 0 Å². The van der Waals surface area contributed by atoms with E-state index in [2.05, 4.69) is 5.32 Å². The van der Waals surface area contributed by atoms with Gasteiger partial charge in [-0.15, -0.1) is 0 Å². The molecule has 3 heteroatoms. The summed E-state index contributed by atoms with van der Waals surface area (Å²) in [6.45, 7) is 6.08. The smallest absolute Gasteiger partial charge is 0.322 e. The Kier molecular flexibility index (Phi) is 4.99. The van der Waals surface area contributed by atoms with E-state index in [1.54, 1.807) is 0 Å². The molecule has 88 valence electrons. The first kappa shape index (κ1) is 12.7. The van der Waals surface area contributed by atoms with Crippen LogP contribution in [-0.4, -0.2) is 18.6 Å². The monoisotopic (exact) mass is 221 g/mol. The molecular weight excluding hydrogens is 202 g/mol. The van der Waals surface area contributed by atoms with Crippen LogP contribution in [0, 0.1) is 0 Å². The quantitative estimate of drug-likeness (QED) is 0.775. The maximum Gasteiger partial charge on any atom is 0.322 e. The molecule has 3 nitrogen and oxygen atoms in total. The zero-order valence-electron chi connectivity index (χ0n) is 10.1. The molecule has 1 aromatic carbocycles. The maximum absolute atomic E-state index is 11.4. The van der Waals surface area contributed by atoms with Crippen LogP contribution < -0.4 is 5.32 Å². The predicted octanol–water partition coefficient (Wildman–Crippen LogP) is 2.29. The lowest BCUT2D eigenvalue weighted by atomic mass is 10.1. The molecule has 0 saturated carbocycles. The van der Waals surface area contributed by atoms with Crippen LogP contribution in [0.3, 0.4) is 0 Å². The molecule has 0 aromatic heterocycles. The van der Waals surface area contributed by atoms with E-state index in [0.29, 0.717) is 6.61 Å². The number of benzene rings is 1. The minimum atomic E-state index is -0.282. The molecule has 1 rings (SSSR count). The van der Waals surface area contributed by atoms with E-state index in [1.165, 1.54) is 5.56 Å². The number of ether oxygens (including phenoxy) is 1. The van der Waals surface area contributed by atoms with Gasteiger partial charge in [0, 0.05) is 6.04 Å². The topological polar surface area (TPSA) is 38.3 Å². The molecule has 0 aliphatic rings. The lowest BCUT2D eigenvalue weighted by molar-refractivity contribution is -0.145. The zero-order chi connectivity index (χ0) is 12.0. The Morgan fingerprint density at radius 3 is 2.50 bits per heavy atom. The molecule has 0 unspecified atom stereocenters. The highest BCUT2D eigenvalue weighted by Crippen LogP contribution is 2.12. The van der Waals surface area contributed by atoms with Gasteiger partial charge in [0.2, 0.25) is 0 Å². The Balaban J connectivity index is 2.51. The predicted molar refractivity (Wildman–Crippen MR) is 64.1 cm³/mol. The molecule has 0 radical (unpaired) electrons. The first-order valence-electron chi connectivity index (χ1n) is 5.62. The molecule has 0 amide bonds. The van der Waals surface area contributed by atoms with Crippen molar-refractivity contribution >= 4 is 5.97 Å². The van der Waals surface area contributed by atoms with Crippen molar-refractivity contribution in [3.63, 3.8) is 0 Å². The third-order valence-electron chi connectivity index (χ3n) is 2.44. The highest BCUT2D eigenvalue weighted by molar-refractivity contribution is 5.75. The van der Waals surface area contributed by atoms with Crippen molar-refractivity contribution in [3.8, 4) is 0 Å². The molecule has 0 heterocycles. The summed E-state index contributed by atoms with van der Waals surface area (Å²) in [7, 11) is 0. The van der Waals surface area contributed by atoms with E-state index in [-0.39, 0.29) is 18.1 Å². The van der Waals surface area contributed by atoms with E-state index in [0.717, 1.165) is 0 Å². The van der Waals surface area contributed by atoms with E-state index in [1.807, 2.05) is 51.1 Å². The van der Waals surface area contributed by atoms with Gasteiger partial charge in [0.1, 0.15) is 6.04 Å². The van der Waals surface area contributed by atoms with Crippen molar-refractivity contribution in [2.24, 2.45) is 0 Å². The Morgan fingerprint density at radius 1 is 1.31 bits per heavy atom. The first-order valence-corrected chi connectivity index (χ1v) is 5.62. The molecule has 0 fully saturated rings. The largest absolute Gasteiger partial charge is 0.465 e. The minimum Gasteiger partial charge on any atom is -0.465 e. The highest BCUT2D eigenvalue weighted by atomic mass is 16.5. The van der Waals surface area contributed by atoms with Crippen LogP contribution in [0.25, 0.3) is 0 Å². The minimum absolute atomic E-state index is 0.139. The Bertz CT molecular complexity index is 324. The van der Waals surface area contributed by atoms with Crippen molar-refractivity contribution in [1.29, 1.82) is 0 Å². The van der Waals surface area contributed by atoms with Gasteiger partial charge in [0.25, 0.3) is 0 Å². The van der Waals surface area contributed by atoms with Gasteiger partial charge in [-0.25, -0.2) is 0 Å². The molecule has 0 spiro atoms. The lowest BCUT2D eigenvalue weighted by Gasteiger charge is -2.19. The lowest BCUT2D eigenvalue weighted by Crippen LogP contribution is -2.37. The Morgan fingerprint density at radius 2 is 1.94 bits per heavy atom. The van der Waals surface area contributed by atoms with Crippen LogP contribution in [0.5, 0.6) is 0 Å². The average molecular weight is 221 g/mol. The summed E-state index contributed by atoms with van der Waals surface area (Å²) in [4.78, 5) is 11.4. The number of carbonyl (C=O) groups excluding carboxylic acids is 1. The molecule has 1 N–H and O–H groups in total. The second-order valence-electron chi connectivity index (χ2n) is 3.77.